The highest BCUT2D eigenvalue weighted by atomic mass is 19.4. The third-order valence-corrected chi connectivity index (χ3v) is 5.86. The summed E-state index contributed by atoms with van der Waals surface area (Å²) in [7, 11) is 0. The van der Waals surface area contributed by atoms with Crippen LogP contribution < -0.4 is 0 Å². The minimum atomic E-state index is -4.67. The van der Waals surface area contributed by atoms with Crippen LogP contribution in [0.5, 0.6) is 0 Å². The molecule has 0 saturated carbocycles. The van der Waals surface area contributed by atoms with Crippen LogP contribution >= 0.6 is 0 Å². The Labute approximate surface area is 202 Å². The van der Waals surface area contributed by atoms with Crippen LogP contribution in [0.25, 0.3) is 0 Å². The molecule has 190 valence electrons. The monoisotopic (exact) mass is 509 g/mol. The summed E-state index contributed by atoms with van der Waals surface area (Å²) in [4.78, 5) is 18.9. The van der Waals surface area contributed by atoms with Crippen LogP contribution in [-0.2, 0) is 30.5 Å². The number of carbonyl (C=O) groups excluding carboxylic acids is 1. The number of benzene rings is 2. The molecule has 0 radical (unpaired) electrons. The summed E-state index contributed by atoms with van der Waals surface area (Å²) < 4.78 is 81.7. The third kappa shape index (κ3) is 5.58. The Hall–Kier alpha value is -3.70. The van der Waals surface area contributed by atoms with Crippen molar-refractivity contribution < 1.29 is 31.1 Å². The topological polar surface area (TPSA) is 63.4 Å². The number of halogens is 6. The number of fused-ring (bicyclic) bond motifs is 1. The molecule has 1 amide bonds. The number of aromatic nitrogens is 3. The van der Waals surface area contributed by atoms with Gasteiger partial charge in [-0.15, -0.1) is 10.2 Å². The van der Waals surface area contributed by atoms with Crippen molar-refractivity contribution in [2.24, 2.45) is 4.99 Å². The van der Waals surface area contributed by atoms with E-state index in [2.05, 4.69) is 15.2 Å². The maximum Gasteiger partial charge on any atom is 0.451 e. The number of nitrogens with zero attached hydrogens (tertiary/aromatic N) is 5. The Morgan fingerprint density at radius 1 is 1.03 bits per heavy atom. The summed E-state index contributed by atoms with van der Waals surface area (Å²) in [5.74, 6) is -5.16. The minimum absolute atomic E-state index is 0.00952. The van der Waals surface area contributed by atoms with Crippen LogP contribution in [0.1, 0.15) is 42.2 Å². The highest BCUT2D eigenvalue weighted by Gasteiger charge is 2.40. The van der Waals surface area contributed by atoms with Crippen molar-refractivity contribution in [1.29, 1.82) is 0 Å². The fourth-order valence-electron chi connectivity index (χ4n) is 4.02. The third-order valence-electron chi connectivity index (χ3n) is 5.86. The van der Waals surface area contributed by atoms with Crippen LogP contribution in [0, 0.1) is 17.5 Å². The van der Waals surface area contributed by atoms with E-state index in [1.54, 1.807) is 19.1 Å². The zero-order valence-electron chi connectivity index (χ0n) is 19.1. The summed E-state index contributed by atoms with van der Waals surface area (Å²) in [6.45, 7) is 1.41. The van der Waals surface area contributed by atoms with Crippen LogP contribution in [0.2, 0.25) is 0 Å². The maximum absolute atomic E-state index is 14.3. The van der Waals surface area contributed by atoms with Gasteiger partial charge in [-0.25, -0.2) is 13.2 Å². The van der Waals surface area contributed by atoms with Gasteiger partial charge < -0.3 is 9.47 Å². The van der Waals surface area contributed by atoms with Crippen molar-refractivity contribution >= 4 is 11.6 Å². The van der Waals surface area contributed by atoms with Crippen molar-refractivity contribution in [2.45, 2.75) is 45.1 Å². The molecule has 1 aliphatic heterocycles. The van der Waals surface area contributed by atoms with Crippen LogP contribution in [0.4, 0.5) is 26.3 Å². The SMILES string of the molecule is CC(N=C(CC(=O)N1CCn2c(nnc2C(F)(F)F)C1)Cc1cc(F)c(F)cc1F)c1ccccc1. The van der Waals surface area contributed by atoms with Gasteiger partial charge in [-0.05, 0) is 24.1 Å². The molecule has 0 bridgehead atoms. The molecular weight excluding hydrogens is 488 g/mol. The van der Waals surface area contributed by atoms with Gasteiger partial charge in [0.25, 0.3) is 0 Å². The summed E-state index contributed by atoms with van der Waals surface area (Å²) in [5.41, 5.74) is 0.858. The van der Waals surface area contributed by atoms with Crippen LogP contribution in [-0.4, -0.2) is 37.8 Å². The number of hydrogen-bond acceptors (Lipinski definition) is 4. The van der Waals surface area contributed by atoms with Gasteiger partial charge >= 0.3 is 6.18 Å². The van der Waals surface area contributed by atoms with Gasteiger partial charge in [0.1, 0.15) is 5.82 Å². The van der Waals surface area contributed by atoms with Crippen molar-refractivity contribution in [3.05, 3.63) is 82.7 Å². The average Bonchev–Trinajstić information content (AvgIpc) is 3.27. The first-order chi connectivity index (χ1) is 17.0. The molecule has 6 nitrogen and oxygen atoms in total. The summed E-state index contributed by atoms with van der Waals surface area (Å²) in [6, 6.07) is 9.80. The molecule has 0 spiro atoms. The average molecular weight is 509 g/mol. The fourth-order valence-corrected chi connectivity index (χ4v) is 4.02. The predicted molar refractivity (Wildman–Crippen MR) is 117 cm³/mol. The number of rotatable bonds is 6. The second-order valence-corrected chi connectivity index (χ2v) is 8.40. The zero-order chi connectivity index (χ0) is 26.0. The second-order valence-electron chi connectivity index (χ2n) is 8.40. The molecule has 3 aromatic rings. The highest BCUT2D eigenvalue weighted by Crippen LogP contribution is 2.29. The molecule has 0 fully saturated rings. The largest absolute Gasteiger partial charge is 0.451 e. The lowest BCUT2D eigenvalue weighted by Gasteiger charge is -2.28. The van der Waals surface area contributed by atoms with E-state index in [1.807, 2.05) is 18.2 Å². The summed E-state index contributed by atoms with van der Waals surface area (Å²) in [5, 5.41) is 6.76. The first kappa shape index (κ1) is 25.4. The van der Waals surface area contributed by atoms with Gasteiger partial charge in [0.05, 0.1) is 19.0 Å². The van der Waals surface area contributed by atoms with Gasteiger partial charge in [0, 0.05) is 31.3 Å². The summed E-state index contributed by atoms with van der Waals surface area (Å²) >= 11 is 0. The molecule has 0 aliphatic carbocycles. The standard InChI is InChI=1S/C24H21F6N5O/c1-14(15-5-3-2-4-6-15)31-17(9-16-10-19(26)20(27)12-18(16)25)11-22(36)34-7-8-35-21(13-34)32-33-23(35)24(28,29)30/h2-6,10,12,14H,7-9,11,13H2,1H3. The van der Waals surface area contributed by atoms with Crippen molar-refractivity contribution in [3.63, 3.8) is 0 Å². The van der Waals surface area contributed by atoms with Gasteiger partial charge in [0.15, 0.2) is 17.5 Å². The van der Waals surface area contributed by atoms with Gasteiger partial charge in [0.2, 0.25) is 11.7 Å². The first-order valence-corrected chi connectivity index (χ1v) is 11.0. The van der Waals surface area contributed by atoms with Crippen molar-refractivity contribution in [1.82, 2.24) is 19.7 Å². The van der Waals surface area contributed by atoms with Crippen LogP contribution in [0.15, 0.2) is 47.5 Å². The number of alkyl halides is 3. The lowest BCUT2D eigenvalue weighted by molar-refractivity contribution is -0.148. The molecular formula is C24H21F6N5O. The van der Waals surface area contributed by atoms with E-state index < -0.39 is 41.4 Å². The molecule has 4 rings (SSSR count). The van der Waals surface area contributed by atoms with Crippen LogP contribution in [0.3, 0.4) is 0 Å². The molecule has 36 heavy (non-hydrogen) atoms. The Kier molecular flexibility index (Phi) is 7.14. The molecule has 12 heteroatoms. The lowest BCUT2D eigenvalue weighted by atomic mass is 10.0. The van der Waals surface area contributed by atoms with E-state index in [9.17, 15) is 31.1 Å². The zero-order valence-corrected chi connectivity index (χ0v) is 19.1. The Morgan fingerprint density at radius 2 is 1.72 bits per heavy atom. The second kappa shape index (κ2) is 10.1. The number of aliphatic imine (C=N–C) groups is 1. The Morgan fingerprint density at radius 3 is 2.42 bits per heavy atom. The Balaban J connectivity index is 1.57. The highest BCUT2D eigenvalue weighted by molar-refractivity contribution is 6.02. The van der Waals surface area contributed by atoms with E-state index in [1.165, 1.54) is 4.90 Å². The van der Waals surface area contributed by atoms with Crippen molar-refractivity contribution in [3.8, 4) is 0 Å². The minimum Gasteiger partial charge on any atom is -0.333 e. The molecule has 2 aromatic carbocycles. The molecule has 0 N–H and O–H groups in total. The summed E-state index contributed by atoms with van der Waals surface area (Å²) in [6.07, 6.45) is -5.22. The van der Waals surface area contributed by atoms with E-state index in [0.29, 0.717) is 6.07 Å². The van der Waals surface area contributed by atoms with E-state index in [-0.39, 0.29) is 49.6 Å². The number of carbonyl (C=O) groups is 1. The van der Waals surface area contributed by atoms with Gasteiger partial charge in [-0.2, -0.15) is 13.2 Å². The van der Waals surface area contributed by atoms with E-state index in [4.69, 9.17) is 0 Å². The Bertz CT molecular complexity index is 1290. The van der Waals surface area contributed by atoms with E-state index >= 15 is 0 Å². The predicted octanol–water partition coefficient (Wildman–Crippen LogP) is 4.89. The molecule has 1 unspecified atom stereocenters. The molecule has 2 heterocycles. The van der Waals surface area contributed by atoms with Gasteiger partial charge in [-0.3, -0.25) is 9.79 Å². The molecule has 1 aliphatic rings. The molecule has 1 atom stereocenters. The first-order valence-electron chi connectivity index (χ1n) is 11.0. The van der Waals surface area contributed by atoms with Crippen molar-refractivity contribution in [2.75, 3.05) is 6.54 Å². The normalized spacial score (nSPS) is 15.1. The smallest absolute Gasteiger partial charge is 0.333 e. The van der Waals surface area contributed by atoms with E-state index in [0.717, 1.165) is 16.2 Å². The lowest BCUT2D eigenvalue weighted by Crippen LogP contribution is -2.40. The number of hydrogen-bond donors (Lipinski definition) is 0. The quantitative estimate of drug-likeness (QED) is 0.270. The molecule has 0 saturated heterocycles. The fraction of sp³-hybridized carbons (Fsp3) is 0.333. The van der Waals surface area contributed by atoms with Gasteiger partial charge in [-0.1, -0.05) is 30.3 Å². The molecule has 1 aromatic heterocycles. The number of amides is 1. The maximum atomic E-state index is 14.3.